The zero-order valence-electron chi connectivity index (χ0n) is 16.5. The molecule has 3 heterocycles. The van der Waals surface area contributed by atoms with E-state index in [2.05, 4.69) is 20.4 Å². The number of anilines is 1. The van der Waals surface area contributed by atoms with Crippen molar-refractivity contribution in [3.8, 4) is 11.1 Å². The molecule has 5 rings (SSSR count). The third-order valence-electron chi connectivity index (χ3n) is 5.56. The molecule has 1 amide bonds. The summed E-state index contributed by atoms with van der Waals surface area (Å²) in [4.78, 5) is 20.4. The molecule has 0 unspecified atom stereocenters. The molecule has 0 spiro atoms. The number of nitrogens with zero attached hydrogens (tertiary/aromatic N) is 4. The van der Waals surface area contributed by atoms with Gasteiger partial charge in [-0.15, -0.1) is 0 Å². The molecule has 2 fully saturated rings. The van der Waals surface area contributed by atoms with E-state index in [1.165, 1.54) is 0 Å². The summed E-state index contributed by atoms with van der Waals surface area (Å²) in [6, 6.07) is 5.57. The Balaban J connectivity index is 1.25. The molecule has 3 aromatic rings. The fourth-order valence-corrected chi connectivity index (χ4v) is 3.69. The van der Waals surface area contributed by atoms with E-state index in [1.54, 1.807) is 29.2 Å². The van der Waals surface area contributed by atoms with Crippen LogP contribution >= 0.6 is 0 Å². The van der Waals surface area contributed by atoms with Gasteiger partial charge in [-0.2, -0.15) is 5.10 Å². The van der Waals surface area contributed by atoms with Crippen LogP contribution in [0.5, 0.6) is 0 Å². The first kappa shape index (κ1) is 20.0. The van der Waals surface area contributed by atoms with E-state index < -0.39 is 31.0 Å². The second-order valence-electron chi connectivity index (χ2n) is 8.15. The molecular formula is C21H21F2N5O3. The lowest BCUT2D eigenvalue weighted by Crippen LogP contribution is -2.22. The molecule has 0 aliphatic heterocycles. The second kappa shape index (κ2) is 7.61. The molecule has 8 nitrogen and oxygen atoms in total. The van der Waals surface area contributed by atoms with Gasteiger partial charge in [-0.1, -0.05) is 0 Å². The summed E-state index contributed by atoms with van der Waals surface area (Å²) in [7, 11) is 0. The highest BCUT2D eigenvalue weighted by Crippen LogP contribution is 2.37. The molecular weight excluding hydrogens is 408 g/mol. The Labute approximate surface area is 176 Å². The van der Waals surface area contributed by atoms with Crippen molar-refractivity contribution in [3.05, 3.63) is 42.6 Å². The largest absolute Gasteiger partial charge is 0.390 e. The van der Waals surface area contributed by atoms with Crippen LogP contribution in [0.3, 0.4) is 0 Å². The van der Waals surface area contributed by atoms with Gasteiger partial charge in [0.15, 0.2) is 11.6 Å². The van der Waals surface area contributed by atoms with Crippen molar-refractivity contribution in [1.82, 2.24) is 19.6 Å². The summed E-state index contributed by atoms with van der Waals surface area (Å²) in [6.45, 7) is -0.0518. The first-order valence-corrected chi connectivity index (χ1v) is 10.2. The third-order valence-corrected chi connectivity index (χ3v) is 5.56. The normalized spacial score (nSPS) is 22.7. The number of hydrogen-bond donors (Lipinski definition) is 2. The number of aliphatic hydroxyl groups is 1. The lowest BCUT2D eigenvalue weighted by Gasteiger charge is -2.14. The smallest absolute Gasteiger partial charge is 0.253 e. The molecule has 0 aromatic carbocycles. The Morgan fingerprint density at radius 1 is 1.23 bits per heavy atom. The number of halogens is 2. The number of aliphatic hydroxyl groups excluding tert-OH is 1. The molecule has 2 atom stereocenters. The van der Waals surface area contributed by atoms with Crippen molar-refractivity contribution in [2.75, 3.05) is 5.32 Å². The Kier molecular flexibility index (Phi) is 4.90. The number of ether oxygens (including phenoxy) is 1. The topological polar surface area (TPSA) is 102 Å². The molecule has 3 aromatic heterocycles. The molecule has 2 aliphatic rings. The maximum atomic E-state index is 13.3. The standard InChI is InChI=1S/C21H21F2N5O3/c22-21(23)7-16(29)17(8-21)31-11-19-24-9-14(10-25-19)13-3-4-28-15(5-13)6-18(27-28)26-20(30)12-1-2-12/h3-6,9-10,12,16-17,29H,1-2,7-8,11H2,(H,26,27,30)/t16-,17-/m0/s1. The van der Waals surface area contributed by atoms with Crippen LogP contribution in [0.15, 0.2) is 36.8 Å². The van der Waals surface area contributed by atoms with Crippen LogP contribution in [0.1, 0.15) is 31.5 Å². The number of alkyl halides is 2. The summed E-state index contributed by atoms with van der Waals surface area (Å²) in [5.74, 6) is -1.93. The van der Waals surface area contributed by atoms with Gasteiger partial charge in [0.25, 0.3) is 5.92 Å². The van der Waals surface area contributed by atoms with Crippen molar-refractivity contribution in [1.29, 1.82) is 0 Å². The second-order valence-corrected chi connectivity index (χ2v) is 8.15. The highest BCUT2D eigenvalue weighted by molar-refractivity contribution is 5.93. The summed E-state index contributed by atoms with van der Waals surface area (Å²) >= 11 is 0. The summed E-state index contributed by atoms with van der Waals surface area (Å²) in [6.07, 6.45) is 3.72. The van der Waals surface area contributed by atoms with Crippen LogP contribution in [-0.4, -0.2) is 48.7 Å². The Bertz CT molecular complexity index is 1110. The lowest BCUT2D eigenvalue weighted by molar-refractivity contribution is -0.117. The highest BCUT2D eigenvalue weighted by atomic mass is 19.3. The molecule has 0 radical (unpaired) electrons. The molecule has 162 valence electrons. The highest BCUT2D eigenvalue weighted by Gasteiger charge is 2.46. The van der Waals surface area contributed by atoms with Crippen molar-refractivity contribution in [2.45, 2.75) is 50.4 Å². The van der Waals surface area contributed by atoms with Gasteiger partial charge in [-0.3, -0.25) is 4.79 Å². The molecule has 10 heteroatoms. The third kappa shape index (κ3) is 4.40. The number of aromatic nitrogens is 4. The predicted octanol–water partition coefficient (Wildman–Crippen LogP) is 2.82. The molecule has 2 aliphatic carbocycles. The zero-order valence-corrected chi connectivity index (χ0v) is 16.5. The number of amides is 1. The quantitative estimate of drug-likeness (QED) is 0.625. The number of carbonyl (C=O) groups is 1. The van der Waals surface area contributed by atoms with E-state index in [-0.39, 0.29) is 18.4 Å². The number of fused-ring (bicyclic) bond motifs is 1. The van der Waals surface area contributed by atoms with Crippen LogP contribution in [0.25, 0.3) is 16.6 Å². The van der Waals surface area contributed by atoms with Gasteiger partial charge in [-0.05, 0) is 30.5 Å². The van der Waals surface area contributed by atoms with Gasteiger partial charge >= 0.3 is 0 Å². The first-order chi connectivity index (χ1) is 14.9. The van der Waals surface area contributed by atoms with Gasteiger partial charge in [0.05, 0.1) is 17.7 Å². The van der Waals surface area contributed by atoms with E-state index in [1.807, 2.05) is 12.1 Å². The monoisotopic (exact) mass is 429 g/mol. The SMILES string of the molecule is O=C(Nc1cc2cc(-c3cnc(CO[C@H]4CC(F)(F)C[C@@H]4O)nc3)ccn2n1)C1CC1. The minimum atomic E-state index is -2.90. The number of rotatable bonds is 6. The molecule has 31 heavy (non-hydrogen) atoms. The molecule has 2 N–H and O–H groups in total. The van der Waals surface area contributed by atoms with Crippen molar-refractivity contribution in [3.63, 3.8) is 0 Å². The van der Waals surface area contributed by atoms with Crippen molar-refractivity contribution in [2.24, 2.45) is 5.92 Å². The van der Waals surface area contributed by atoms with Gasteiger partial charge in [0.1, 0.15) is 6.61 Å². The number of hydrogen-bond acceptors (Lipinski definition) is 6. The molecule has 2 saturated carbocycles. The summed E-state index contributed by atoms with van der Waals surface area (Å²) in [5, 5.41) is 16.9. The van der Waals surface area contributed by atoms with Crippen LogP contribution in [0.4, 0.5) is 14.6 Å². The fraction of sp³-hybridized carbons (Fsp3) is 0.429. The average Bonchev–Trinajstić information content (AvgIpc) is 3.45. The number of carbonyl (C=O) groups excluding carboxylic acids is 1. The predicted molar refractivity (Wildman–Crippen MR) is 106 cm³/mol. The summed E-state index contributed by atoms with van der Waals surface area (Å²) < 4.78 is 33.7. The van der Waals surface area contributed by atoms with E-state index in [9.17, 15) is 18.7 Å². The van der Waals surface area contributed by atoms with Gasteiger partial charge < -0.3 is 15.2 Å². The molecule has 0 bridgehead atoms. The minimum Gasteiger partial charge on any atom is -0.390 e. The number of pyridine rings is 1. The first-order valence-electron chi connectivity index (χ1n) is 10.2. The Morgan fingerprint density at radius 2 is 2.00 bits per heavy atom. The summed E-state index contributed by atoms with van der Waals surface area (Å²) in [5.41, 5.74) is 2.45. The van der Waals surface area contributed by atoms with Crippen molar-refractivity contribution >= 4 is 17.2 Å². The Morgan fingerprint density at radius 3 is 2.68 bits per heavy atom. The van der Waals surface area contributed by atoms with Gasteiger partial charge in [-0.25, -0.2) is 23.3 Å². The van der Waals surface area contributed by atoms with E-state index in [0.717, 1.165) is 29.5 Å². The number of nitrogens with one attached hydrogen (secondary N) is 1. The lowest BCUT2D eigenvalue weighted by atomic mass is 10.1. The molecule has 0 saturated heterocycles. The van der Waals surface area contributed by atoms with Gasteiger partial charge in [0, 0.05) is 49.0 Å². The average molecular weight is 429 g/mol. The zero-order chi connectivity index (χ0) is 21.6. The van der Waals surface area contributed by atoms with Crippen LogP contribution < -0.4 is 5.32 Å². The maximum absolute atomic E-state index is 13.3. The van der Waals surface area contributed by atoms with Gasteiger partial charge in [0.2, 0.25) is 5.91 Å². The van der Waals surface area contributed by atoms with Crippen LogP contribution in [0.2, 0.25) is 0 Å². The van der Waals surface area contributed by atoms with E-state index >= 15 is 0 Å². The van der Waals surface area contributed by atoms with E-state index in [0.29, 0.717) is 11.6 Å². The Hall–Kier alpha value is -2.98. The van der Waals surface area contributed by atoms with Crippen LogP contribution in [0, 0.1) is 5.92 Å². The maximum Gasteiger partial charge on any atom is 0.253 e. The van der Waals surface area contributed by atoms with Crippen LogP contribution in [-0.2, 0) is 16.1 Å². The van der Waals surface area contributed by atoms with E-state index in [4.69, 9.17) is 4.74 Å². The fourth-order valence-electron chi connectivity index (χ4n) is 3.69. The van der Waals surface area contributed by atoms with Crippen molar-refractivity contribution < 1.29 is 23.4 Å². The minimum absolute atomic E-state index is 0.00341.